The Labute approximate surface area is 132 Å². The van der Waals surface area contributed by atoms with Crippen LogP contribution in [0, 0.1) is 0 Å². The average molecular weight is 300 g/mol. The van der Waals surface area contributed by atoms with Gasteiger partial charge in [-0.15, -0.1) is 0 Å². The van der Waals surface area contributed by atoms with Gasteiger partial charge < -0.3 is 14.2 Å². The highest BCUT2D eigenvalue weighted by Crippen LogP contribution is 2.37. The first-order valence-corrected chi connectivity index (χ1v) is 7.39. The predicted octanol–water partition coefficient (Wildman–Crippen LogP) is 4.58. The normalized spacial score (nSPS) is 11.1. The second-order valence-electron chi connectivity index (χ2n) is 6.19. The zero-order valence-electron chi connectivity index (χ0n) is 14.0. The number of ether oxygens (including phenoxy) is 3. The van der Waals surface area contributed by atoms with Gasteiger partial charge in [-0.05, 0) is 28.7 Å². The van der Waals surface area contributed by atoms with Crippen molar-refractivity contribution in [3.63, 3.8) is 0 Å². The monoisotopic (exact) mass is 300 g/mol. The van der Waals surface area contributed by atoms with E-state index in [0.29, 0.717) is 23.9 Å². The molecule has 0 heterocycles. The molecule has 118 valence electrons. The van der Waals surface area contributed by atoms with Crippen LogP contribution in [0.2, 0.25) is 0 Å². The molecule has 0 radical (unpaired) electrons. The van der Waals surface area contributed by atoms with E-state index in [1.807, 2.05) is 24.3 Å². The van der Waals surface area contributed by atoms with Crippen molar-refractivity contribution in [1.29, 1.82) is 0 Å². The molecule has 0 N–H and O–H groups in total. The molecule has 0 spiro atoms. The van der Waals surface area contributed by atoms with Gasteiger partial charge in [0.25, 0.3) is 0 Å². The number of para-hydroxylation sites is 1. The number of hydrogen-bond acceptors (Lipinski definition) is 3. The molecule has 3 heteroatoms. The summed E-state index contributed by atoms with van der Waals surface area (Å²) >= 11 is 0. The highest BCUT2D eigenvalue weighted by molar-refractivity contribution is 5.51. The van der Waals surface area contributed by atoms with Gasteiger partial charge in [0.1, 0.15) is 6.61 Å². The molecule has 0 bridgehead atoms. The molecular weight excluding hydrogens is 276 g/mol. The summed E-state index contributed by atoms with van der Waals surface area (Å²) in [6.07, 6.45) is 0. The van der Waals surface area contributed by atoms with Crippen LogP contribution in [0.5, 0.6) is 17.2 Å². The molecule has 0 aromatic heterocycles. The zero-order chi connectivity index (χ0) is 16.2. The number of benzene rings is 2. The van der Waals surface area contributed by atoms with E-state index >= 15 is 0 Å². The van der Waals surface area contributed by atoms with E-state index in [1.54, 1.807) is 14.2 Å². The summed E-state index contributed by atoms with van der Waals surface area (Å²) in [6.45, 7) is 7.09. The first-order chi connectivity index (χ1) is 10.5. The smallest absolute Gasteiger partial charge is 0.203 e. The van der Waals surface area contributed by atoms with Gasteiger partial charge in [-0.25, -0.2) is 0 Å². The fourth-order valence-electron chi connectivity index (χ4n) is 2.49. The predicted molar refractivity (Wildman–Crippen MR) is 89.0 cm³/mol. The minimum atomic E-state index is 0.0742. The van der Waals surface area contributed by atoms with E-state index in [-0.39, 0.29) is 5.41 Å². The van der Waals surface area contributed by atoms with Crippen LogP contribution >= 0.6 is 0 Å². The maximum Gasteiger partial charge on any atom is 0.203 e. The van der Waals surface area contributed by atoms with Crippen LogP contribution in [0.4, 0.5) is 0 Å². The van der Waals surface area contributed by atoms with E-state index in [2.05, 4.69) is 39.0 Å². The number of hydrogen-bond donors (Lipinski definition) is 0. The van der Waals surface area contributed by atoms with Gasteiger partial charge in [0.2, 0.25) is 5.75 Å². The Morgan fingerprint density at radius 2 is 1.41 bits per heavy atom. The second-order valence-corrected chi connectivity index (χ2v) is 6.19. The van der Waals surface area contributed by atoms with Crippen molar-refractivity contribution in [2.75, 3.05) is 14.2 Å². The van der Waals surface area contributed by atoms with Crippen molar-refractivity contribution in [2.45, 2.75) is 32.8 Å². The maximum atomic E-state index is 6.02. The Morgan fingerprint density at radius 1 is 0.818 bits per heavy atom. The van der Waals surface area contributed by atoms with Crippen molar-refractivity contribution in [2.24, 2.45) is 0 Å². The quantitative estimate of drug-likeness (QED) is 0.809. The number of rotatable bonds is 5. The summed E-state index contributed by atoms with van der Waals surface area (Å²) in [5, 5.41) is 0. The highest BCUT2D eigenvalue weighted by atomic mass is 16.5. The van der Waals surface area contributed by atoms with Crippen LogP contribution in [-0.4, -0.2) is 14.2 Å². The van der Waals surface area contributed by atoms with E-state index in [4.69, 9.17) is 14.2 Å². The van der Waals surface area contributed by atoms with Gasteiger partial charge in [-0.1, -0.05) is 51.1 Å². The molecule has 0 saturated heterocycles. The molecule has 2 aromatic rings. The van der Waals surface area contributed by atoms with Gasteiger partial charge in [0.05, 0.1) is 14.2 Å². The van der Waals surface area contributed by atoms with Crippen LogP contribution in [0.3, 0.4) is 0 Å². The molecule has 3 nitrogen and oxygen atoms in total. The molecule has 0 atom stereocenters. The lowest BCUT2D eigenvalue weighted by Crippen LogP contribution is -2.15. The molecule has 0 aliphatic rings. The maximum absolute atomic E-state index is 6.02. The Kier molecular flexibility index (Phi) is 4.96. The Morgan fingerprint density at radius 3 is 1.95 bits per heavy atom. The van der Waals surface area contributed by atoms with Crippen LogP contribution < -0.4 is 14.2 Å². The minimum Gasteiger partial charge on any atom is -0.493 e. The Bertz CT molecular complexity index is 605. The molecule has 0 aliphatic heterocycles. The minimum absolute atomic E-state index is 0.0742. The van der Waals surface area contributed by atoms with Gasteiger partial charge in [0, 0.05) is 0 Å². The van der Waals surface area contributed by atoms with Crippen LogP contribution in [-0.2, 0) is 12.0 Å². The lowest BCUT2D eigenvalue weighted by Gasteiger charge is -2.23. The zero-order valence-corrected chi connectivity index (χ0v) is 14.0. The molecule has 0 aliphatic carbocycles. The molecule has 0 fully saturated rings. The first kappa shape index (κ1) is 16.2. The van der Waals surface area contributed by atoms with Crippen molar-refractivity contribution < 1.29 is 14.2 Å². The lowest BCUT2D eigenvalue weighted by molar-refractivity contribution is 0.264. The molecular formula is C19H24O3. The third-order valence-corrected chi connectivity index (χ3v) is 3.58. The fourth-order valence-corrected chi connectivity index (χ4v) is 2.49. The van der Waals surface area contributed by atoms with Crippen molar-refractivity contribution >= 4 is 0 Å². The second kappa shape index (κ2) is 6.73. The summed E-state index contributed by atoms with van der Waals surface area (Å²) < 4.78 is 16.8. The van der Waals surface area contributed by atoms with Crippen LogP contribution in [0.1, 0.15) is 31.9 Å². The van der Waals surface area contributed by atoms with E-state index < -0.39 is 0 Å². The standard InChI is InChI=1S/C19H24O3/c1-19(2,3)15-10-7-6-9-14(15)13-22-18-16(20-4)11-8-12-17(18)21-5/h6-12H,13H2,1-5H3. The molecule has 22 heavy (non-hydrogen) atoms. The van der Waals surface area contributed by atoms with E-state index in [9.17, 15) is 0 Å². The Hall–Kier alpha value is -2.16. The molecule has 2 aromatic carbocycles. The summed E-state index contributed by atoms with van der Waals surface area (Å²) in [7, 11) is 3.26. The van der Waals surface area contributed by atoms with Crippen molar-refractivity contribution in [1.82, 2.24) is 0 Å². The fraction of sp³-hybridized carbons (Fsp3) is 0.368. The van der Waals surface area contributed by atoms with Gasteiger partial charge >= 0.3 is 0 Å². The SMILES string of the molecule is COc1cccc(OC)c1OCc1ccccc1C(C)(C)C. The molecule has 2 rings (SSSR count). The number of methoxy groups -OCH3 is 2. The summed E-state index contributed by atoms with van der Waals surface area (Å²) in [4.78, 5) is 0. The van der Waals surface area contributed by atoms with Crippen LogP contribution in [0.25, 0.3) is 0 Å². The van der Waals surface area contributed by atoms with Gasteiger partial charge in [0.15, 0.2) is 11.5 Å². The van der Waals surface area contributed by atoms with E-state index in [1.165, 1.54) is 11.1 Å². The van der Waals surface area contributed by atoms with Gasteiger partial charge in [-0.3, -0.25) is 0 Å². The summed E-state index contributed by atoms with van der Waals surface area (Å²) in [6, 6.07) is 14.0. The Balaban J connectivity index is 2.28. The average Bonchev–Trinajstić information content (AvgIpc) is 2.51. The van der Waals surface area contributed by atoms with Crippen LogP contribution in [0.15, 0.2) is 42.5 Å². The molecule has 0 amide bonds. The van der Waals surface area contributed by atoms with Gasteiger partial charge in [-0.2, -0.15) is 0 Å². The van der Waals surface area contributed by atoms with E-state index in [0.717, 1.165) is 0 Å². The first-order valence-electron chi connectivity index (χ1n) is 7.39. The third-order valence-electron chi connectivity index (χ3n) is 3.58. The van der Waals surface area contributed by atoms with Crippen molar-refractivity contribution in [3.8, 4) is 17.2 Å². The lowest BCUT2D eigenvalue weighted by atomic mass is 9.84. The third kappa shape index (κ3) is 3.53. The summed E-state index contributed by atoms with van der Waals surface area (Å²) in [5.41, 5.74) is 2.52. The molecule has 0 saturated carbocycles. The largest absolute Gasteiger partial charge is 0.493 e. The highest BCUT2D eigenvalue weighted by Gasteiger charge is 2.18. The molecule has 0 unspecified atom stereocenters. The van der Waals surface area contributed by atoms with Crippen molar-refractivity contribution in [3.05, 3.63) is 53.6 Å². The summed E-state index contributed by atoms with van der Waals surface area (Å²) in [5.74, 6) is 1.98. The topological polar surface area (TPSA) is 27.7 Å².